The monoisotopic (exact) mass is 565 g/mol. The molecule has 0 radical (unpaired) electrons. The van der Waals surface area contributed by atoms with Crippen LogP contribution in [0.3, 0.4) is 0 Å². The van der Waals surface area contributed by atoms with E-state index < -0.39 is 12.0 Å². The summed E-state index contributed by atoms with van der Waals surface area (Å²) in [5.41, 5.74) is 1.02. The summed E-state index contributed by atoms with van der Waals surface area (Å²) in [6, 6.07) is 3.55. The average molecular weight is 567 g/mol. The van der Waals surface area contributed by atoms with Crippen molar-refractivity contribution >= 4 is 41.2 Å². The molecule has 0 saturated carbocycles. The first-order valence-corrected chi connectivity index (χ1v) is 13.5. The topological polar surface area (TPSA) is 94.2 Å². The Kier molecular flexibility index (Phi) is 9.73. The second-order valence-electron chi connectivity index (χ2n) is 10.5. The molecule has 2 aliphatic heterocycles. The number of nitrogens with one attached hydrogen (secondary N) is 2. The number of carbonyl (C=O) groups excluding carboxylic acids is 3. The second kappa shape index (κ2) is 12.4. The van der Waals surface area contributed by atoms with Gasteiger partial charge in [0.15, 0.2) is 0 Å². The lowest BCUT2D eigenvalue weighted by Gasteiger charge is -2.43. The van der Waals surface area contributed by atoms with Crippen LogP contribution in [-0.4, -0.2) is 83.6 Å². The molecule has 208 valence electrons. The molecule has 11 heteroatoms. The standard InChI is InChI=1S/C27H37Cl2N5O4/c1-7-11-34-21(16-32-12-13-33(17(3)15-32)26(37)31-27(4,5)6)22(24(35)38-8-2)23(30-25(34)36)19-10-9-18(28)14-20(19)29/h7,9-10,14,17,23H,1,8,11-13,15-16H2,2-6H3,(H,30,36)(H,31,37)/t17-,23+/m0/s1. The number of hydrogen-bond donors (Lipinski definition) is 2. The zero-order valence-corrected chi connectivity index (χ0v) is 24.2. The van der Waals surface area contributed by atoms with Crippen LogP contribution in [0.15, 0.2) is 42.1 Å². The van der Waals surface area contributed by atoms with Crippen LogP contribution in [0.4, 0.5) is 9.59 Å². The van der Waals surface area contributed by atoms with E-state index in [4.69, 9.17) is 27.9 Å². The molecule has 4 amide bonds. The number of hydrogen-bond acceptors (Lipinski definition) is 5. The number of urea groups is 2. The van der Waals surface area contributed by atoms with Crippen LogP contribution in [0.5, 0.6) is 0 Å². The Morgan fingerprint density at radius 3 is 2.55 bits per heavy atom. The molecule has 1 fully saturated rings. The summed E-state index contributed by atoms with van der Waals surface area (Å²) >= 11 is 12.6. The molecule has 0 spiro atoms. The number of halogens is 2. The van der Waals surface area contributed by atoms with Crippen molar-refractivity contribution in [3.63, 3.8) is 0 Å². The number of ether oxygens (including phenoxy) is 1. The lowest BCUT2D eigenvalue weighted by molar-refractivity contribution is -0.139. The number of esters is 1. The maximum Gasteiger partial charge on any atom is 0.338 e. The van der Waals surface area contributed by atoms with Crippen LogP contribution in [0.2, 0.25) is 10.0 Å². The molecule has 2 N–H and O–H groups in total. The molecule has 2 heterocycles. The molecule has 1 aromatic carbocycles. The van der Waals surface area contributed by atoms with Crippen molar-refractivity contribution in [1.82, 2.24) is 25.3 Å². The molecule has 0 unspecified atom stereocenters. The van der Waals surface area contributed by atoms with Crippen molar-refractivity contribution in [1.29, 1.82) is 0 Å². The van der Waals surface area contributed by atoms with Gasteiger partial charge in [-0.05, 0) is 52.3 Å². The molecule has 3 rings (SSSR count). The quantitative estimate of drug-likeness (QED) is 0.373. The predicted molar refractivity (Wildman–Crippen MR) is 149 cm³/mol. The molecule has 9 nitrogen and oxygen atoms in total. The number of piperazine rings is 1. The van der Waals surface area contributed by atoms with E-state index in [9.17, 15) is 14.4 Å². The van der Waals surface area contributed by atoms with Crippen LogP contribution in [0.1, 0.15) is 46.2 Å². The summed E-state index contributed by atoms with van der Waals surface area (Å²) < 4.78 is 5.44. The Morgan fingerprint density at radius 1 is 1.26 bits per heavy atom. The van der Waals surface area contributed by atoms with E-state index in [1.807, 2.05) is 32.6 Å². The van der Waals surface area contributed by atoms with Gasteiger partial charge in [0.25, 0.3) is 0 Å². The lowest BCUT2D eigenvalue weighted by atomic mass is 9.93. The molecule has 2 aliphatic rings. The Balaban J connectivity index is 1.99. The van der Waals surface area contributed by atoms with E-state index in [0.29, 0.717) is 53.1 Å². The first kappa shape index (κ1) is 29.8. The number of amides is 4. The normalized spacial score (nSPS) is 20.8. The van der Waals surface area contributed by atoms with Gasteiger partial charge in [0.05, 0.1) is 18.2 Å². The highest BCUT2D eigenvalue weighted by atomic mass is 35.5. The maximum absolute atomic E-state index is 13.4. The van der Waals surface area contributed by atoms with Gasteiger partial charge in [-0.2, -0.15) is 0 Å². The Labute approximate surface area is 234 Å². The van der Waals surface area contributed by atoms with Gasteiger partial charge in [-0.15, -0.1) is 6.58 Å². The van der Waals surface area contributed by atoms with Gasteiger partial charge in [-0.1, -0.05) is 35.3 Å². The maximum atomic E-state index is 13.4. The molecule has 0 bridgehead atoms. The summed E-state index contributed by atoms with van der Waals surface area (Å²) in [7, 11) is 0. The minimum Gasteiger partial charge on any atom is -0.463 e. The van der Waals surface area contributed by atoms with E-state index in [1.165, 1.54) is 4.90 Å². The fourth-order valence-corrected chi connectivity index (χ4v) is 5.21. The SMILES string of the molecule is C=CCN1C(=O)N[C@H](c2ccc(Cl)cc2Cl)C(C(=O)OCC)=C1CN1CCN(C(=O)NC(C)(C)C)[C@@H](C)C1. The lowest BCUT2D eigenvalue weighted by Crippen LogP contribution is -2.59. The molecular formula is C27H37Cl2N5O4. The third kappa shape index (κ3) is 7.01. The fraction of sp³-hybridized carbons (Fsp3) is 0.519. The van der Waals surface area contributed by atoms with Crippen molar-refractivity contribution in [2.45, 2.75) is 52.2 Å². The van der Waals surface area contributed by atoms with Crippen molar-refractivity contribution in [2.75, 3.05) is 39.3 Å². The largest absolute Gasteiger partial charge is 0.463 e. The Bertz CT molecular complexity index is 1120. The zero-order chi connectivity index (χ0) is 28.2. The highest BCUT2D eigenvalue weighted by molar-refractivity contribution is 6.35. The highest BCUT2D eigenvalue weighted by Gasteiger charge is 2.40. The van der Waals surface area contributed by atoms with E-state index in [1.54, 1.807) is 31.2 Å². The van der Waals surface area contributed by atoms with Crippen molar-refractivity contribution in [3.05, 3.63) is 57.7 Å². The molecule has 38 heavy (non-hydrogen) atoms. The Morgan fingerprint density at radius 2 is 1.97 bits per heavy atom. The van der Waals surface area contributed by atoms with Crippen LogP contribution >= 0.6 is 23.2 Å². The number of carbonyl (C=O) groups is 3. The second-order valence-corrected chi connectivity index (χ2v) is 11.3. The van der Waals surface area contributed by atoms with E-state index in [2.05, 4.69) is 22.1 Å². The molecule has 1 aromatic rings. The summed E-state index contributed by atoms with van der Waals surface area (Å²) in [5, 5.41) is 6.70. The van der Waals surface area contributed by atoms with Crippen LogP contribution in [0.25, 0.3) is 0 Å². The predicted octanol–water partition coefficient (Wildman–Crippen LogP) is 4.58. The first-order chi connectivity index (χ1) is 17.9. The van der Waals surface area contributed by atoms with Crippen LogP contribution in [-0.2, 0) is 9.53 Å². The average Bonchev–Trinajstić information content (AvgIpc) is 2.80. The molecule has 1 saturated heterocycles. The summed E-state index contributed by atoms with van der Waals surface area (Å²) in [6.45, 7) is 15.7. The summed E-state index contributed by atoms with van der Waals surface area (Å²) in [6.07, 6.45) is 1.61. The molecule has 2 atom stereocenters. The van der Waals surface area contributed by atoms with Gasteiger partial charge in [0.2, 0.25) is 0 Å². The van der Waals surface area contributed by atoms with Crippen molar-refractivity contribution in [2.24, 2.45) is 0 Å². The smallest absolute Gasteiger partial charge is 0.338 e. The van der Waals surface area contributed by atoms with E-state index in [0.717, 1.165) is 0 Å². The van der Waals surface area contributed by atoms with Crippen molar-refractivity contribution in [3.8, 4) is 0 Å². The van der Waals surface area contributed by atoms with E-state index in [-0.39, 0.29) is 36.8 Å². The third-order valence-corrected chi connectivity index (χ3v) is 6.91. The van der Waals surface area contributed by atoms with Gasteiger partial charge < -0.3 is 20.3 Å². The van der Waals surface area contributed by atoms with E-state index >= 15 is 0 Å². The van der Waals surface area contributed by atoms with Gasteiger partial charge in [-0.3, -0.25) is 9.80 Å². The number of nitrogens with zero attached hydrogens (tertiary/aromatic N) is 3. The van der Waals surface area contributed by atoms with Gasteiger partial charge in [0.1, 0.15) is 0 Å². The van der Waals surface area contributed by atoms with Crippen LogP contribution < -0.4 is 10.6 Å². The van der Waals surface area contributed by atoms with Crippen LogP contribution in [0, 0.1) is 0 Å². The summed E-state index contributed by atoms with van der Waals surface area (Å²) in [4.78, 5) is 44.9. The minimum absolute atomic E-state index is 0.0791. The molecule has 0 aromatic heterocycles. The molecular weight excluding hydrogens is 529 g/mol. The third-order valence-electron chi connectivity index (χ3n) is 6.35. The molecule has 0 aliphatic carbocycles. The van der Waals surface area contributed by atoms with Gasteiger partial charge in [-0.25, -0.2) is 14.4 Å². The minimum atomic E-state index is -0.821. The van der Waals surface area contributed by atoms with Gasteiger partial charge in [0, 0.05) is 60.0 Å². The Hall–Kier alpha value is -2.75. The van der Waals surface area contributed by atoms with Crippen molar-refractivity contribution < 1.29 is 19.1 Å². The number of rotatable bonds is 7. The highest BCUT2D eigenvalue weighted by Crippen LogP contribution is 2.36. The van der Waals surface area contributed by atoms with Gasteiger partial charge >= 0.3 is 18.0 Å². The first-order valence-electron chi connectivity index (χ1n) is 12.7. The summed E-state index contributed by atoms with van der Waals surface area (Å²) in [5.74, 6) is -0.538. The zero-order valence-electron chi connectivity index (χ0n) is 22.6. The fourth-order valence-electron chi connectivity index (χ4n) is 4.70. The number of benzene rings is 1.